The van der Waals surface area contributed by atoms with Crippen molar-refractivity contribution in [3.05, 3.63) is 29.8 Å². The maximum atomic E-state index is 13.8. The topological polar surface area (TPSA) is 66.5 Å². The highest BCUT2D eigenvalue weighted by atomic mass is 16.5. The molecule has 0 heterocycles. The summed E-state index contributed by atoms with van der Waals surface area (Å²) in [6, 6.07) is 7.21. The third kappa shape index (κ3) is 4.50. The van der Waals surface area contributed by atoms with Crippen LogP contribution in [0.5, 0.6) is 28.7 Å². The molecule has 0 spiro atoms. The van der Waals surface area contributed by atoms with Crippen molar-refractivity contribution >= 4 is 5.91 Å². The average molecular weight is 432 g/mol. The van der Waals surface area contributed by atoms with E-state index in [-0.39, 0.29) is 18.0 Å². The van der Waals surface area contributed by atoms with Gasteiger partial charge in [-0.2, -0.15) is 0 Å². The molecule has 0 radical (unpaired) electrons. The van der Waals surface area contributed by atoms with E-state index in [0.717, 1.165) is 0 Å². The number of amides is 1. The molecule has 1 amide bonds. The Morgan fingerprint density at radius 2 is 1.10 bits per heavy atom. The number of carbonyl (C=O) groups excluding carboxylic acids is 1. The molecule has 2 aromatic carbocycles. The lowest BCUT2D eigenvalue weighted by atomic mass is 9.95. The van der Waals surface area contributed by atoms with Crippen LogP contribution in [-0.2, 0) is 0 Å². The molecule has 31 heavy (non-hydrogen) atoms. The van der Waals surface area contributed by atoms with E-state index in [1.165, 1.54) is 7.11 Å². The zero-order valence-corrected chi connectivity index (χ0v) is 19.9. The monoisotopic (exact) mass is 431 g/mol. The van der Waals surface area contributed by atoms with Crippen molar-refractivity contribution in [1.82, 2.24) is 4.90 Å². The summed E-state index contributed by atoms with van der Waals surface area (Å²) >= 11 is 0. The summed E-state index contributed by atoms with van der Waals surface area (Å²) in [6.07, 6.45) is 0. The molecule has 7 heteroatoms. The maximum absolute atomic E-state index is 13.8. The number of carbonyl (C=O) groups is 1. The van der Waals surface area contributed by atoms with Crippen LogP contribution in [0.2, 0.25) is 0 Å². The molecule has 7 nitrogen and oxygen atoms in total. The van der Waals surface area contributed by atoms with Crippen LogP contribution >= 0.6 is 0 Å². The number of rotatable bonds is 9. The molecular weight excluding hydrogens is 398 g/mol. The van der Waals surface area contributed by atoms with Crippen LogP contribution < -0.4 is 23.7 Å². The first-order valence-corrected chi connectivity index (χ1v) is 10.1. The number of hydrogen-bond donors (Lipinski definition) is 0. The Hall–Kier alpha value is -3.09. The van der Waals surface area contributed by atoms with Gasteiger partial charge in [0.05, 0.1) is 41.1 Å². The van der Waals surface area contributed by atoms with Crippen molar-refractivity contribution in [3.63, 3.8) is 0 Å². The lowest BCUT2D eigenvalue weighted by Gasteiger charge is -2.32. The summed E-state index contributed by atoms with van der Waals surface area (Å²) in [7, 11) is 7.73. The number of methoxy groups -OCH3 is 5. The van der Waals surface area contributed by atoms with Crippen molar-refractivity contribution in [2.75, 3.05) is 35.5 Å². The zero-order chi connectivity index (χ0) is 23.3. The van der Waals surface area contributed by atoms with Gasteiger partial charge in [0.25, 0.3) is 5.91 Å². The Labute approximate surface area is 184 Å². The van der Waals surface area contributed by atoms with E-state index in [2.05, 4.69) is 0 Å². The first kappa shape index (κ1) is 24.2. The summed E-state index contributed by atoms with van der Waals surface area (Å²) in [4.78, 5) is 15.7. The van der Waals surface area contributed by atoms with Crippen molar-refractivity contribution in [2.45, 2.75) is 39.8 Å². The quantitative estimate of drug-likeness (QED) is 0.576. The van der Waals surface area contributed by atoms with Gasteiger partial charge >= 0.3 is 0 Å². The molecule has 0 fully saturated rings. The molecule has 0 aliphatic rings. The maximum Gasteiger partial charge on any atom is 0.258 e. The van der Waals surface area contributed by atoms with E-state index >= 15 is 0 Å². The highest BCUT2D eigenvalue weighted by Gasteiger charge is 2.31. The third-order valence-corrected chi connectivity index (χ3v) is 5.10. The van der Waals surface area contributed by atoms with Crippen LogP contribution in [0.15, 0.2) is 24.3 Å². The fourth-order valence-corrected chi connectivity index (χ4v) is 3.87. The number of hydrogen-bond acceptors (Lipinski definition) is 6. The largest absolute Gasteiger partial charge is 0.493 e. The van der Waals surface area contributed by atoms with Gasteiger partial charge in [-0.15, -0.1) is 0 Å². The Morgan fingerprint density at radius 1 is 0.645 bits per heavy atom. The highest BCUT2D eigenvalue weighted by Crippen LogP contribution is 2.48. The van der Waals surface area contributed by atoms with Gasteiger partial charge in [0.1, 0.15) is 0 Å². The fraction of sp³-hybridized carbons (Fsp3) is 0.458. The lowest BCUT2D eigenvalue weighted by Crippen LogP contribution is -2.42. The first-order chi connectivity index (χ1) is 14.8. The molecule has 0 aromatic heterocycles. The van der Waals surface area contributed by atoms with E-state index in [1.807, 2.05) is 44.7 Å². The van der Waals surface area contributed by atoms with Gasteiger partial charge in [0, 0.05) is 23.2 Å². The van der Waals surface area contributed by atoms with Crippen molar-refractivity contribution in [2.24, 2.45) is 0 Å². The molecular formula is C24H33NO6. The number of benzene rings is 2. The summed E-state index contributed by atoms with van der Waals surface area (Å²) in [5.41, 5.74) is 1.72. The second-order valence-electron chi connectivity index (χ2n) is 7.51. The van der Waals surface area contributed by atoms with Crippen LogP contribution in [0.25, 0.3) is 11.1 Å². The molecule has 0 N–H and O–H groups in total. The van der Waals surface area contributed by atoms with Gasteiger partial charge in [-0.3, -0.25) is 4.79 Å². The Kier molecular flexibility index (Phi) is 8.02. The number of ether oxygens (including phenoxy) is 5. The van der Waals surface area contributed by atoms with Gasteiger partial charge in [-0.05, 0) is 52.0 Å². The van der Waals surface area contributed by atoms with Crippen LogP contribution in [0.3, 0.4) is 0 Å². The van der Waals surface area contributed by atoms with Crippen LogP contribution in [0.4, 0.5) is 0 Å². The molecule has 0 aliphatic carbocycles. The van der Waals surface area contributed by atoms with E-state index < -0.39 is 0 Å². The minimum Gasteiger partial charge on any atom is -0.493 e. The molecule has 0 atom stereocenters. The summed E-state index contributed by atoms with van der Waals surface area (Å²) in [5, 5.41) is 0. The highest BCUT2D eigenvalue weighted by molar-refractivity contribution is 6.05. The normalized spacial score (nSPS) is 10.8. The van der Waals surface area contributed by atoms with E-state index in [4.69, 9.17) is 23.7 Å². The molecule has 0 saturated heterocycles. The Morgan fingerprint density at radius 3 is 1.52 bits per heavy atom. The fourth-order valence-electron chi connectivity index (χ4n) is 3.87. The van der Waals surface area contributed by atoms with E-state index in [0.29, 0.717) is 45.4 Å². The van der Waals surface area contributed by atoms with Crippen LogP contribution in [0, 0.1) is 0 Å². The molecule has 2 rings (SSSR count). The Balaban J connectivity index is 2.92. The summed E-state index contributed by atoms with van der Waals surface area (Å²) < 4.78 is 27.8. The molecule has 0 saturated carbocycles. The minimum absolute atomic E-state index is 0.0106. The summed E-state index contributed by atoms with van der Waals surface area (Å²) in [6.45, 7) is 7.95. The molecule has 2 aromatic rings. The second-order valence-corrected chi connectivity index (χ2v) is 7.51. The van der Waals surface area contributed by atoms with Gasteiger partial charge in [-0.1, -0.05) is 0 Å². The zero-order valence-electron chi connectivity index (χ0n) is 19.9. The van der Waals surface area contributed by atoms with E-state index in [1.54, 1.807) is 40.6 Å². The molecule has 170 valence electrons. The van der Waals surface area contributed by atoms with Crippen molar-refractivity contribution in [3.8, 4) is 39.9 Å². The van der Waals surface area contributed by atoms with Gasteiger partial charge in [0.15, 0.2) is 23.0 Å². The lowest BCUT2D eigenvalue weighted by molar-refractivity contribution is 0.0640. The smallest absolute Gasteiger partial charge is 0.258 e. The van der Waals surface area contributed by atoms with Gasteiger partial charge < -0.3 is 28.6 Å². The third-order valence-electron chi connectivity index (χ3n) is 5.10. The van der Waals surface area contributed by atoms with Gasteiger partial charge in [0.2, 0.25) is 5.75 Å². The van der Waals surface area contributed by atoms with Crippen molar-refractivity contribution in [1.29, 1.82) is 0 Å². The molecule has 0 unspecified atom stereocenters. The van der Waals surface area contributed by atoms with Crippen LogP contribution in [0.1, 0.15) is 38.1 Å². The standard InChI is InChI=1S/C24H33NO6/c1-14(2)25(15(3)4)24(26)20-16(10-12-18(27-5)22(20)30-8)17-11-13-19(28-6)23(31-9)21(17)29-7/h10-15H,1-9H3. The Bertz CT molecular complexity index is 915. The minimum atomic E-state index is -0.160. The van der Waals surface area contributed by atoms with Crippen LogP contribution in [-0.4, -0.2) is 58.4 Å². The predicted octanol–water partition coefficient (Wildman–Crippen LogP) is 4.66. The average Bonchev–Trinajstić information content (AvgIpc) is 2.75. The van der Waals surface area contributed by atoms with Gasteiger partial charge in [-0.25, -0.2) is 0 Å². The molecule has 0 aliphatic heterocycles. The summed E-state index contributed by atoms with van der Waals surface area (Å²) in [5.74, 6) is 2.12. The second kappa shape index (κ2) is 10.3. The molecule has 0 bridgehead atoms. The SMILES string of the molecule is COc1ccc(-c2ccc(OC)c(OC)c2C(=O)N(C(C)C)C(C)C)c(OC)c1OC. The van der Waals surface area contributed by atoms with E-state index in [9.17, 15) is 4.79 Å². The predicted molar refractivity (Wildman–Crippen MR) is 121 cm³/mol. The van der Waals surface area contributed by atoms with Crippen molar-refractivity contribution < 1.29 is 28.5 Å². The first-order valence-electron chi connectivity index (χ1n) is 10.1. The number of nitrogens with zero attached hydrogens (tertiary/aromatic N) is 1.